The molecule has 2 aliphatic heterocycles. The third-order valence-electron chi connectivity index (χ3n) is 5.98. The molecule has 3 aromatic rings. The summed E-state index contributed by atoms with van der Waals surface area (Å²) in [7, 11) is -3.71. The summed E-state index contributed by atoms with van der Waals surface area (Å²) in [6.45, 7) is 1.21. The second-order valence-corrected chi connectivity index (χ2v) is 9.80. The molecule has 2 aromatic heterocycles. The van der Waals surface area contributed by atoms with E-state index >= 15 is 0 Å². The Morgan fingerprint density at radius 3 is 2.70 bits per heavy atom. The maximum absolute atomic E-state index is 13.1. The fourth-order valence-electron chi connectivity index (χ4n) is 4.23. The lowest BCUT2D eigenvalue weighted by Gasteiger charge is -2.35. The molecule has 1 aromatic carbocycles. The third kappa shape index (κ3) is 3.93. The van der Waals surface area contributed by atoms with E-state index < -0.39 is 10.0 Å². The zero-order valence-electron chi connectivity index (χ0n) is 17.8. The molecule has 0 unspecified atom stereocenters. The number of amides is 2. The first-order valence-electron chi connectivity index (χ1n) is 10.7. The second-order valence-electron chi connectivity index (χ2n) is 7.89. The van der Waals surface area contributed by atoms with Gasteiger partial charge in [0.25, 0.3) is 5.91 Å². The molecule has 0 saturated carbocycles. The van der Waals surface area contributed by atoms with Crippen LogP contribution in [0, 0.1) is 0 Å². The lowest BCUT2D eigenvalue weighted by molar-refractivity contribution is -0.132. The molecule has 4 heterocycles. The number of aromatic amines is 1. The van der Waals surface area contributed by atoms with Crippen molar-refractivity contribution in [3.05, 3.63) is 48.8 Å². The Labute approximate surface area is 190 Å². The molecular weight excluding hydrogens is 446 g/mol. The Morgan fingerprint density at radius 2 is 1.88 bits per heavy atom. The maximum Gasteiger partial charge on any atom is 0.265 e. The number of ether oxygens (including phenoxy) is 1. The van der Waals surface area contributed by atoms with Crippen molar-refractivity contribution >= 4 is 38.6 Å². The fourth-order valence-corrected chi connectivity index (χ4v) is 5.80. The van der Waals surface area contributed by atoms with E-state index in [0.717, 1.165) is 0 Å². The van der Waals surface area contributed by atoms with Gasteiger partial charge in [0.1, 0.15) is 16.3 Å². The van der Waals surface area contributed by atoms with Crippen LogP contribution in [0.25, 0.3) is 11.0 Å². The minimum Gasteiger partial charge on any atom is -0.482 e. The number of rotatable bonds is 5. The van der Waals surface area contributed by atoms with E-state index in [-0.39, 0.29) is 49.4 Å². The number of nitrogens with one attached hydrogen (secondary N) is 1. The second kappa shape index (κ2) is 8.49. The predicted octanol–water partition coefficient (Wildman–Crippen LogP) is 1.21. The van der Waals surface area contributed by atoms with Crippen molar-refractivity contribution in [3.63, 3.8) is 0 Å². The summed E-state index contributed by atoms with van der Waals surface area (Å²) in [5.41, 5.74) is 1.18. The van der Waals surface area contributed by atoms with Crippen LogP contribution in [0.15, 0.2) is 53.7 Å². The number of benzene rings is 1. The molecule has 0 bridgehead atoms. The fraction of sp³-hybridized carbons (Fsp3) is 0.318. The van der Waals surface area contributed by atoms with Gasteiger partial charge in [-0.3, -0.25) is 9.59 Å². The molecule has 5 rings (SSSR count). The smallest absolute Gasteiger partial charge is 0.265 e. The van der Waals surface area contributed by atoms with Crippen molar-refractivity contribution < 1.29 is 22.7 Å². The average molecular weight is 470 g/mol. The summed E-state index contributed by atoms with van der Waals surface area (Å²) in [5.74, 6) is 0.321. The molecule has 2 aliphatic rings. The molecule has 172 valence electrons. The number of anilines is 1. The largest absolute Gasteiger partial charge is 0.482 e. The average Bonchev–Trinajstić information content (AvgIpc) is 3.28. The number of hydrogen-bond acceptors (Lipinski definition) is 6. The van der Waals surface area contributed by atoms with Crippen LogP contribution in [-0.2, 0) is 19.6 Å². The lowest BCUT2D eigenvalue weighted by atomic mass is 10.2. The van der Waals surface area contributed by atoms with Crippen molar-refractivity contribution in [3.8, 4) is 5.75 Å². The quantitative estimate of drug-likeness (QED) is 0.601. The highest BCUT2D eigenvalue weighted by Gasteiger charge is 2.32. The van der Waals surface area contributed by atoms with Gasteiger partial charge in [0.2, 0.25) is 15.9 Å². The van der Waals surface area contributed by atoms with E-state index in [2.05, 4.69) is 9.97 Å². The van der Waals surface area contributed by atoms with Gasteiger partial charge in [0, 0.05) is 56.9 Å². The summed E-state index contributed by atoms with van der Waals surface area (Å²) in [6, 6.07) is 10.7. The molecule has 33 heavy (non-hydrogen) atoms. The zero-order valence-corrected chi connectivity index (χ0v) is 18.6. The molecule has 1 fully saturated rings. The number of hydrogen-bond donors (Lipinski definition) is 1. The van der Waals surface area contributed by atoms with Crippen LogP contribution in [0.4, 0.5) is 5.69 Å². The van der Waals surface area contributed by atoms with Crippen molar-refractivity contribution in [2.75, 3.05) is 44.2 Å². The Hall–Kier alpha value is -3.44. The van der Waals surface area contributed by atoms with Crippen molar-refractivity contribution in [1.29, 1.82) is 0 Å². The van der Waals surface area contributed by atoms with Crippen LogP contribution in [-0.4, -0.2) is 78.7 Å². The zero-order chi connectivity index (χ0) is 23.0. The molecule has 0 spiro atoms. The number of nitrogens with zero attached hydrogens (tertiary/aromatic N) is 4. The summed E-state index contributed by atoms with van der Waals surface area (Å²) < 4.78 is 33.1. The Balaban J connectivity index is 1.21. The maximum atomic E-state index is 13.1. The van der Waals surface area contributed by atoms with Crippen LogP contribution in [0.2, 0.25) is 0 Å². The minimum absolute atomic E-state index is 0.0505. The molecule has 1 saturated heterocycles. The topological polar surface area (TPSA) is 116 Å². The SMILES string of the molecule is O=C(CCN1C(=O)COc2ccccc21)N1CCN(S(=O)(=O)c2c[nH]c3ncccc23)CC1. The number of H-pyrrole nitrogens is 1. The number of fused-ring (bicyclic) bond motifs is 2. The normalized spacial score (nSPS) is 17.2. The minimum atomic E-state index is -3.71. The van der Waals surface area contributed by atoms with Crippen LogP contribution in [0.1, 0.15) is 6.42 Å². The van der Waals surface area contributed by atoms with Crippen molar-refractivity contribution in [1.82, 2.24) is 19.2 Å². The van der Waals surface area contributed by atoms with E-state index in [9.17, 15) is 18.0 Å². The van der Waals surface area contributed by atoms with Crippen LogP contribution in [0.5, 0.6) is 5.75 Å². The monoisotopic (exact) mass is 469 g/mol. The lowest BCUT2D eigenvalue weighted by Crippen LogP contribution is -2.51. The molecule has 1 N–H and O–H groups in total. The van der Waals surface area contributed by atoms with E-state index in [1.807, 2.05) is 12.1 Å². The summed E-state index contributed by atoms with van der Waals surface area (Å²) in [4.78, 5) is 35.6. The number of pyridine rings is 1. The highest BCUT2D eigenvalue weighted by Crippen LogP contribution is 2.31. The van der Waals surface area contributed by atoms with Crippen molar-refractivity contribution in [2.45, 2.75) is 11.3 Å². The Kier molecular flexibility index (Phi) is 5.51. The van der Waals surface area contributed by atoms with Gasteiger partial charge in [-0.1, -0.05) is 12.1 Å². The van der Waals surface area contributed by atoms with E-state index in [4.69, 9.17) is 4.74 Å². The highest BCUT2D eigenvalue weighted by molar-refractivity contribution is 7.89. The van der Waals surface area contributed by atoms with Gasteiger partial charge < -0.3 is 19.5 Å². The number of para-hydroxylation sites is 2. The number of sulfonamides is 1. The molecule has 0 aliphatic carbocycles. The standard InChI is InChI=1S/C22H23N5O5S/c28-20(7-9-27-17-5-1-2-6-18(17)32-15-21(27)29)25-10-12-26(13-11-25)33(30,31)19-14-24-22-16(19)4-3-8-23-22/h1-6,8,14H,7,9-13,15H2,(H,23,24). The highest BCUT2D eigenvalue weighted by atomic mass is 32.2. The van der Waals surface area contributed by atoms with E-state index in [1.54, 1.807) is 40.3 Å². The van der Waals surface area contributed by atoms with Crippen LogP contribution >= 0.6 is 0 Å². The van der Waals surface area contributed by atoms with Gasteiger partial charge >= 0.3 is 0 Å². The van der Waals surface area contributed by atoms with Crippen LogP contribution in [0.3, 0.4) is 0 Å². The number of carbonyl (C=O) groups excluding carboxylic acids is 2. The van der Waals surface area contributed by atoms with Crippen molar-refractivity contribution in [2.24, 2.45) is 0 Å². The van der Waals surface area contributed by atoms with Gasteiger partial charge in [0.05, 0.1) is 5.69 Å². The van der Waals surface area contributed by atoms with Gasteiger partial charge in [-0.15, -0.1) is 0 Å². The summed E-state index contributed by atoms with van der Waals surface area (Å²) in [5, 5.41) is 0.548. The Morgan fingerprint density at radius 1 is 1.09 bits per heavy atom. The molecular formula is C22H23N5O5S. The number of carbonyl (C=O) groups is 2. The van der Waals surface area contributed by atoms with E-state index in [1.165, 1.54) is 10.5 Å². The first kappa shape index (κ1) is 21.4. The summed E-state index contributed by atoms with van der Waals surface area (Å²) in [6.07, 6.45) is 3.21. The third-order valence-corrected chi connectivity index (χ3v) is 7.92. The first-order valence-corrected chi connectivity index (χ1v) is 12.1. The summed E-state index contributed by atoms with van der Waals surface area (Å²) >= 11 is 0. The van der Waals surface area contributed by atoms with Gasteiger partial charge in [-0.2, -0.15) is 4.31 Å². The molecule has 10 nitrogen and oxygen atoms in total. The van der Waals surface area contributed by atoms with E-state index in [0.29, 0.717) is 35.6 Å². The predicted molar refractivity (Wildman–Crippen MR) is 120 cm³/mol. The molecule has 0 atom stereocenters. The van der Waals surface area contributed by atoms with Gasteiger partial charge in [0.15, 0.2) is 6.61 Å². The van der Waals surface area contributed by atoms with Gasteiger partial charge in [-0.25, -0.2) is 13.4 Å². The molecule has 0 radical (unpaired) electrons. The first-order chi connectivity index (χ1) is 15.9. The van der Waals surface area contributed by atoms with Crippen LogP contribution < -0.4 is 9.64 Å². The number of piperazine rings is 1. The Bertz CT molecular complexity index is 1310. The number of aromatic nitrogens is 2. The van der Waals surface area contributed by atoms with Gasteiger partial charge in [-0.05, 0) is 24.3 Å². The molecule has 11 heteroatoms. The molecule has 2 amide bonds.